The van der Waals surface area contributed by atoms with Crippen molar-refractivity contribution in [1.29, 1.82) is 0 Å². The summed E-state index contributed by atoms with van der Waals surface area (Å²) in [7, 11) is 1.64. The van der Waals surface area contributed by atoms with Crippen molar-refractivity contribution >= 4 is 22.7 Å². The normalized spacial score (nSPS) is 25.4. The molecule has 4 rings (SSSR count). The van der Waals surface area contributed by atoms with Crippen LogP contribution in [0.1, 0.15) is 50.0 Å². The van der Waals surface area contributed by atoms with Crippen molar-refractivity contribution in [2.45, 2.75) is 51.1 Å². The third-order valence-corrected chi connectivity index (χ3v) is 6.38. The third kappa shape index (κ3) is 2.78. The molecule has 6 heteroatoms. The van der Waals surface area contributed by atoms with Gasteiger partial charge in [-0.1, -0.05) is 6.07 Å². The number of likely N-dealkylation sites (tertiary alicyclic amines) is 2. The van der Waals surface area contributed by atoms with E-state index in [1.807, 2.05) is 34.1 Å². The number of ether oxygens (including phenoxy) is 1. The molecule has 6 nitrogen and oxygen atoms in total. The number of nitrogens with one attached hydrogen (secondary N) is 1. The fraction of sp³-hybridized carbons (Fsp3) is 0.524. The van der Waals surface area contributed by atoms with E-state index in [2.05, 4.69) is 11.9 Å². The van der Waals surface area contributed by atoms with Crippen LogP contribution in [0.5, 0.6) is 5.75 Å². The van der Waals surface area contributed by atoms with Crippen molar-refractivity contribution in [3.05, 3.63) is 30.0 Å². The molecular weight excluding hydrogens is 342 g/mol. The van der Waals surface area contributed by atoms with Crippen molar-refractivity contribution in [1.82, 2.24) is 14.8 Å². The molecule has 1 aromatic carbocycles. The number of aromatic amines is 1. The van der Waals surface area contributed by atoms with Crippen LogP contribution < -0.4 is 4.74 Å². The lowest BCUT2D eigenvalue weighted by Gasteiger charge is -2.56. The second-order valence-electron chi connectivity index (χ2n) is 7.89. The maximum absolute atomic E-state index is 13.5. The summed E-state index contributed by atoms with van der Waals surface area (Å²) in [5.74, 6) is 0.868. The summed E-state index contributed by atoms with van der Waals surface area (Å²) in [4.78, 5) is 32.8. The van der Waals surface area contributed by atoms with Crippen LogP contribution in [0.15, 0.2) is 24.3 Å². The van der Waals surface area contributed by atoms with Crippen molar-refractivity contribution < 1.29 is 14.3 Å². The number of hydrogen-bond donors (Lipinski definition) is 1. The number of piperidine rings is 2. The minimum absolute atomic E-state index is 0.00542. The molecule has 2 amide bonds. The summed E-state index contributed by atoms with van der Waals surface area (Å²) in [6, 6.07) is 7.74. The van der Waals surface area contributed by atoms with Crippen LogP contribution >= 0.6 is 0 Å². The number of H-pyrrole nitrogens is 1. The van der Waals surface area contributed by atoms with Gasteiger partial charge >= 0.3 is 0 Å². The molecule has 3 heterocycles. The molecule has 2 aliphatic rings. The van der Waals surface area contributed by atoms with E-state index in [1.54, 1.807) is 14.0 Å². The summed E-state index contributed by atoms with van der Waals surface area (Å²) in [5, 5.41) is 0.913. The second kappa shape index (κ2) is 6.59. The Morgan fingerprint density at radius 2 is 2.07 bits per heavy atom. The molecule has 2 aliphatic heterocycles. The molecule has 0 spiro atoms. The smallest absolute Gasteiger partial charge is 0.270 e. The highest BCUT2D eigenvalue weighted by Gasteiger charge is 2.50. The SMILES string of the molecule is COc1cccc2[nH]c(C(=O)N3CCC[C@H]4N(C(C)=O)CCC[C@@]43C)cc12. The summed E-state index contributed by atoms with van der Waals surface area (Å²) in [6.07, 6.45) is 3.73. The lowest BCUT2D eigenvalue weighted by molar-refractivity contribution is -0.140. The lowest BCUT2D eigenvalue weighted by Crippen LogP contribution is -2.68. The zero-order chi connectivity index (χ0) is 19.2. The van der Waals surface area contributed by atoms with Crippen LogP contribution in [0.25, 0.3) is 10.9 Å². The summed E-state index contributed by atoms with van der Waals surface area (Å²) < 4.78 is 5.42. The number of carbonyl (C=O) groups excluding carboxylic acids is 2. The number of hydrogen-bond acceptors (Lipinski definition) is 3. The first-order valence-electron chi connectivity index (χ1n) is 9.70. The van der Waals surface area contributed by atoms with Gasteiger partial charge in [-0.25, -0.2) is 0 Å². The van der Waals surface area contributed by atoms with Crippen molar-refractivity contribution in [3.63, 3.8) is 0 Å². The zero-order valence-corrected chi connectivity index (χ0v) is 16.2. The Bertz CT molecular complexity index is 890. The molecule has 144 valence electrons. The summed E-state index contributed by atoms with van der Waals surface area (Å²) >= 11 is 0. The van der Waals surface area contributed by atoms with Gasteiger partial charge in [0.05, 0.1) is 18.7 Å². The Morgan fingerprint density at radius 1 is 1.26 bits per heavy atom. The molecule has 0 aliphatic carbocycles. The topological polar surface area (TPSA) is 65.6 Å². The molecule has 27 heavy (non-hydrogen) atoms. The first kappa shape index (κ1) is 17.9. The van der Waals surface area contributed by atoms with Crippen LogP contribution in [-0.2, 0) is 4.79 Å². The largest absolute Gasteiger partial charge is 0.496 e. The number of amides is 2. The quantitative estimate of drug-likeness (QED) is 0.884. The Balaban J connectivity index is 1.70. The van der Waals surface area contributed by atoms with Crippen LogP contribution in [0, 0.1) is 0 Å². The number of benzene rings is 1. The highest BCUT2D eigenvalue weighted by atomic mass is 16.5. The molecule has 1 N–H and O–H groups in total. The minimum atomic E-state index is -0.319. The van der Waals surface area contributed by atoms with E-state index < -0.39 is 0 Å². The van der Waals surface area contributed by atoms with Gasteiger partial charge in [0.1, 0.15) is 11.4 Å². The fourth-order valence-electron chi connectivity index (χ4n) is 5.02. The third-order valence-electron chi connectivity index (χ3n) is 6.38. The van der Waals surface area contributed by atoms with Gasteiger partial charge in [-0.2, -0.15) is 0 Å². The maximum Gasteiger partial charge on any atom is 0.270 e. The van der Waals surface area contributed by atoms with Gasteiger partial charge in [0.15, 0.2) is 0 Å². The van der Waals surface area contributed by atoms with E-state index in [4.69, 9.17) is 4.74 Å². The van der Waals surface area contributed by atoms with E-state index in [9.17, 15) is 9.59 Å². The van der Waals surface area contributed by atoms with Gasteiger partial charge in [0.2, 0.25) is 5.91 Å². The van der Waals surface area contributed by atoms with E-state index in [-0.39, 0.29) is 23.4 Å². The number of nitrogens with zero attached hydrogens (tertiary/aromatic N) is 2. The molecule has 2 aromatic rings. The van der Waals surface area contributed by atoms with Crippen LogP contribution in [0.4, 0.5) is 0 Å². The molecule has 2 saturated heterocycles. The lowest BCUT2D eigenvalue weighted by atomic mass is 9.76. The summed E-state index contributed by atoms with van der Waals surface area (Å²) in [5.41, 5.74) is 1.16. The number of methoxy groups -OCH3 is 1. The van der Waals surface area contributed by atoms with Crippen molar-refractivity contribution in [2.75, 3.05) is 20.2 Å². The first-order valence-corrected chi connectivity index (χ1v) is 9.70. The highest BCUT2D eigenvalue weighted by Crippen LogP contribution is 2.40. The summed E-state index contributed by atoms with van der Waals surface area (Å²) in [6.45, 7) is 5.30. The van der Waals surface area contributed by atoms with Gasteiger partial charge in [0.25, 0.3) is 5.91 Å². The van der Waals surface area contributed by atoms with E-state index in [0.29, 0.717) is 5.69 Å². The Labute approximate surface area is 159 Å². The molecular formula is C21H27N3O3. The molecule has 1 aromatic heterocycles. The van der Waals surface area contributed by atoms with E-state index in [1.165, 1.54) is 0 Å². The standard InChI is InChI=1S/C21H27N3O3/c1-14(25)23-11-6-10-21(2)19(23)9-5-12-24(21)20(26)17-13-15-16(22-17)7-4-8-18(15)27-3/h4,7-8,13,19,22H,5-6,9-12H2,1-3H3/t19-,21+/m1/s1. The number of fused-ring (bicyclic) bond motifs is 2. The average molecular weight is 369 g/mol. The van der Waals surface area contributed by atoms with Crippen molar-refractivity contribution in [3.8, 4) is 5.75 Å². The Morgan fingerprint density at radius 3 is 2.81 bits per heavy atom. The molecule has 0 unspecified atom stereocenters. The first-order chi connectivity index (χ1) is 13.0. The molecule has 2 fully saturated rings. The number of aromatic nitrogens is 1. The van der Waals surface area contributed by atoms with Gasteiger partial charge in [-0.15, -0.1) is 0 Å². The van der Waals surface area contributed by atoms with Crippen LogP contribution in [-0.4, -0.2) is 58.4 Å². The number of carbonyl (C=O) groups is 2. The van der Waals surface area contributed by atoms with Gasteiger partial charge in [0, 0.05) is 30.9 Å². The maximum atomic E-state index is 13.5. The highest BCUT2D eigenvalue weighted by molar-refractivity contribution is 6.00. The molecule has 0 saturated carbocycles. The average Bonchev–Trinajstić information content (AvgIpc) is 3.10. The monoisotopic (exact) mass is 369 g/mol. The molecule has 0 bridgehead atoms. The van der Waals surface area contributed by atoms with Crippen molar-refractivity contribution in [2.24, 2.45) is 0 Å². The molecule has 2 atom stereocenters. The van der Waals surface area contributed by atoms with Crippen LogP contribution in [0.2, 0.25) is 0 Å². The van der Waals surface area contributed by atoms with E-state index in [0.717, 1.165) is 55.4 Å². The zero-order valence-electron chi connectivity index (χ0n) is 16.2. The second-order valence-corrected chi connectivity index (χ2v) is 7.89. The van der Waals surface area contributed by atoms with Gasteiger partial charge in [-0.3, -0.25) is 9.59 Å². The Hall–Kier alpha value is -2.50. The van der Waals surface area contributed by atoms with E-state index >= 15 is 0 Å². The molecule has 0 radical (unpaired) electrons. The number of rotatable bonds is 2. The predicted octanol–water partition coefficient (Wildman–Crippen LogP) is 3.18. The van der Waals surface area contributed by atoms with Gasteiger partial charge in [-0.05, 0) is 50.8 Å². The predicted molar refractivity (Wildman–Crippen MR) is 104 cm³/mol. The van der Waals surface area contributed by atoms with Gasteiger partial charge < -0.3 is 19.5 Å². The fourth-order valence-corrected chi connectivity index (χ4v) is 5.02. The van der Waals surface area contributed by atoms with Crippen LogP contribution in [0.3, 0.4) is 0 Å². The minimum Gasteiger partial charge on any atom is -0.496 e. The Kier molecular flexibility index (Phi) is 4.36.